The van der Waals surface area contributed by atoms with E-state index in [9.17, 15) is 14.7 Å². The summed E-state index contributed by atoms with van der Waals surface area (Å²) in [6.07, 6.45) is 1.18. The maximum absolute atomic E-state index is 15.6. The number of benzene rings is 3. The summed E-state index contributed by atoms with van der Waals surface area (Å²) in [7, 11) is 0. The Morgan fingerprint density at radius 2 is 1.88 bits per heavy atom. The molecule has 5 rings (SSSR count). The maximum atomic E-state index is 15.6. The highest BCUT2D eigenvalue weighted by molar-refractivity contribution is 6.34. The van der Waals surface area contributed by atoms with Gasteiger partial charge in [0.15, 0.2) is 0 Å². The highest BCUT2D eigenvalue weighted by Crippen LogP contribution is 2.43. The van der Waals surface area contributed by atoms with Crippen molar-refractivity contribution < 1.29 is 23.5 Å². The van der Waals surface area contributed by atoms with Crippen molar-refractivity contribution in [2.24, 2.45) is 0 Å². The normalized spacial score (nSPS) is 16.1. The number of fused-ring (bicyclic) bond motifs is 1. The van der Waals surface area contributed by atoms with Gasteiger partial charge in [-0.25, -0.2) is 13.5 Å². The fourth-order valence-electron chi connectivity index (χ4n) is 4.75. The first-order valence-corrected chi connectivity index (χ1v) is 13.3. The predicted molar refractivity (Wildman–Crippen MR) is 155 cm³/mol. The number of halogens is 3. The number of aryl methyl sites for hydroxylation is 1. The zero-order valence-corrected chi connectivity index (χ0v) is 23.1. The van der Waals surface area contributed by atoms with Crippen molar-refractivity contribution >= 4 is 40.4 Å². The van der Waals surface area contributed by atoms with Crippen LogP contribution in [-0.4, -0.2) is 39.2 Å². The van der Waals surface area contributed by atoms with Crippen molar-refractivity contribution in [1.82, 2.24) is 9.78 Å². The van der Waals surface area contributed by atoms with Gasteiger partial charge in [-0.15, -0.1) is 0 Å². The van der Waals surface area contributed by atoms with Crippen LogP contribution in [0.2, 0.25) is 5.02 Å². The Balaban J connectivity index is 1.48. The van der Waals surface area contributed by atoms with Gasteiger partial charge in [0.05, 0.1) is 33.8 Å². The van der Waals surface area contributed by atoms with Gasteiger partial charge in [0.25, 0.3) is 11.8 Å². The van der Waals surface area contributed by atoms with Gasteiger partial charge >= 0.3 is 0 Å². The largest absolute Gasteiger partial charge is 0.389 e. The first-order chi connectivity index (χ1) is 19.5. The first-order valence-electron chi connectivity index (χ1n) is 13.0. The molecule has 2 amide bonds. The number of hydrogen-bond donors (Lipinski definition) is 2. The maximum Gasteiger partial charge on any atom is 0.275 e. The number of nitrogens with one attached hydrogen (secondary N) is 1. The number of para-hydroxylation sites is 1. The second-order valence-electron chi connectivity index (χ2n) is 9.84. The first kappa shape index (κ1) is 28.2. The number of carbonyl (C=O) groups excluding carboxylic acids is 2. The SMILES string of the molecule is Cc1ccn(-c2ccc(C(=O)N3CCC(F)(F)/C(=C\C(=O)Nc4cccc(C(C)O)c4)c4ccccc43)c(Cl)c2)n1. The van der Waals surface area contributed by atoms with E-state index in [0.717, 1.165) is 11.8 Å². The molecular weight excluding hydrogens is 550 g/mol. The molecule has 1 aliphatic rings. The van der Waals surface area contributed by atoms with Crippen LogP contribution in [0, 0.1) is 6.92 Å². The minimum absolute atomic E-state index is 0.0657. The molecule has 3 aromatic carbocycles. The molecule has 7 nitrogen and oxygen atoms in total. The van der Waals surface area contributed by atoms with E-state index >= 15 is 8.78 Å². The van der Waals surface area contributed by atoms with Crippen molar-refractivity contribution in [3.8, 4) is 5.69 Å². The number of nitrogens with zero attached hydrogens (tertiary/aromatic N) is 3. The molecule has 10 heteroatoms. The third kappa shape index (κ3) is 5.91. The second-order valence-corrected chi connectivity index (χ2v) is 10.3. The van der Waals surface area contributed by atoms with Crippen LogP contribution in [0.3, 0.4) is 0 Å². The molecule has 1 unspecified atom stereocenters. The smallest absolute Gasteiger partial charge is 0.275 e. The number of allylic oxidation sites excluding steroid dienone is 1. The fourth-order valence-corrected chi connectivity index (χ4v) is 5.00. The van der Waals surface area contributed by atoms with E-state index in [1.807, 2.05) is 13.0 Å². The Labute approximate surface area is 240 Å². The summed E-state index contributed by atoms with van der Waals surface area (Å²) < 4.78 is 32.8. The van der Waals surface area contributed by atoms with Crippen LogP contribution >= 0.6 is 11.6 Å². The van der Waals surface area contributed by atoms with Gasteiger partial charge in [-0.05, 0) is 61.9 Å². The van der Waals surface area contributed by atoms with Crippen LogP contribution in [0.5, 0.6) is 0 Å². The van der Waals surface area contributed by atoms with Gasteiger partial charge < -0.3 is 15.3 Å². The molecule has 1 aromatic heterocycles. The molecule has 0 aliphatic carbocycles. The average molecular weight is 577 g/mol. The van der Waals surface area contributed by atoms with E-state index in [1.54, 1.807) is 78.5 Å². The molecule has 0 spiro atoms. The molecule has 0 saturated carbocycles. The number of aliphatic hydroxyl groups excluding tert-OH is 1. The van der Waals surface area contributed by atoms with E-state index in [0.29, 0.717) is 16.9 Å². The highest BCUT2D eigenvalue weighted by Gasteiger charge is 2.41. The quantitative estimate of drug-likeness (QED) is 0.262. The van der Waals surface area contributed by atoms with E-state index in [-0.39, 0.29) is 28.4 Å². The molecule has 2 N–H and O–H groups in total. The van der Waals surface area contributed by atoms with E-state index in [1.165, 1.54) is 11.0 Å². The topological polar surface area (TPSA) is 87.5 Å². The average Bonchev–Trinajstić information content (AvgIpc) is 3.34. The summed E-state index contributed by atoms with van der Waals surface area (Å²) in [5, 5.41) is 16.9. The monoisotopic (exact) mass is 576 g/mol. The number of amides is 2. The van der Waals surface area contributed by atoms with Gasteiger partial charge in [-0.3, -0.25) is 9.59 Å². The fraction of sp³-hybridized carbons (Fsp3) is 0.194. The minimum Gasteiger partial charge on any atom is -0.389 e. The lowest BCUT2D eigenvalue weighted by atomic mass is 9.97. The summed E-state index contributed by atoms with van der Waals surface area (Å²) in [5.74, 6) is -4.71. The lowest BCUT2D eigenvalue weighted by molar-refractivity contribution is -0.112. The Morgan fingerprint density at radius 3 is 2.59 bits per heavy atom. The molecule has 0 radical (unpaired) electrons. The number of alkyl halides is 2. The van der Waals surface area contributed by atoms with Gasteiger partial charge in [-0.2, -0.15) is 5.10 Å². The van der Waals surface area contributed by atoms with E-state index in [2.05, 4.69) is 10.4 Å². The number of aromatic nitrogens is 2. The molecule has 4 aromatic rings. The molecule has 1 atom stereocenters. The van der Waals surface area contributed by atoms with Crippen molar-refractivity contribution in [3.05, 3.63) is 112 Å². The lowest BCUT2D eigenvalue weighted by Gasteiger charge is -2.23. The number of carbonyl (C=O) groups is 2. The number of hydrogen-bond acceptors (Lipinski definition) is 4. The number of anilines is 2. The summed E-state index contributed by atoms with van der Waals surface area (Å²) in [5.41, 5.74) is 2.36. The molecule has 0 fully saturated rings. The van der Waals surface area contributed by atoms with Crippen molar-refractivity contribution in [3.63, 3.8) is 0 Å². The third-order valence-corrected chi connectivity index (χ3v) is 7.17. The Bertz CT molecular complexity index is 1660. The van der Waals surface area contributed by atoms with Crippen molar-refractivity contribution in [2.75, 3.05) is 16.8 Å². The van der Waals surface area contributed by atoms with Crippen LogP contribution < -0.4 is 10.2 Å². The minimum atomic E-state index is -3.41. The predicted octanol–water partition coefficient (Wildman–Crippen LogP) is 6.60. The second kappa shape index (κ2) is 11.3. The molecule has 2 heterocycles. The molecule has 210 valence electrons. The summed E-state index contributed by atoms with van der Waals surface area (Å²) in [6.45, 7) is 3.14. The van der Waals surface area contributed by atoms with Crippen LogP contribution in [0.25, 0.3) is 11.3 Å². The van der Waals surface area contributed by atoms with Crippen molar-refractivity contribution in [1.29, 1.82) is 0 Å². The van der Waals surface area contributed by atoms with E-state index in [4.69, 9.17) is 11.6 Å². The molecule has 41 heavy (non-hydrogen) atoms. The molecule has 0 saturated heterocycles. The summed E-state index contributed by atoms with van der Waals surface area (Å²) in [6, 6.07) is 19.4. The summed E-state index contributed by atoms with van der Waals surface area (Å²) in [4.78, 5) is 27.9. The van der Waals surface area contributed by atoms with Gasteiger partial charge in [0.2, 0.25) is 5.91 Å². The zero-order valence-electron chi connectivity index (χ0n) is 22.3. The Hall–Kier alpha value is -4.34. The Kier molecular flexibility index (Phi) is 7.75. The van der Waals surface area contributed by atoms with Crippen LogP contribution in [0.4, 0.5) is 20.2 Å². The van der Waals surface area contributed by atoms with Crippen LogP contribution in [-0.2, 0) is 4.79 Å². The van der Waals surface area contributed by atoms with Gasteiger partial charge in [0.1, 0.15) is 0 Å². The van der Waals surface area contributed by atoms with Crippen molar-refractivity contribution in [2.45, 2.75) is 32.3 Å². The zero-order chi connectivity index (χ0) is 29.3. The van der Waals surface area contributed by atoms with Crippen LogP contribution in [0.1, 0.15) is 46.6 Å². The third-order valence-electron chi connectivity index (χ3n) is 6.86. The van der Waals surface area contributed by atoms with Crippen LogP contribution in [0.15, 0.2) is 85.1 Å². The highest BCUT2D eigenvalue weighted by atomic mass is 35.5. The van der Waals surface area contributed by atoms with Gasteiger partial charge in [-0.1, -0.05) is 41.9 Å². The Morgan fingerprint density at radius 1 is 1.10 bits per heavy atom. The number of rotatable bonds is 5. The molecule has 1 aliphatic heterocycles. The standard InChI is InChI=1S/C31H27ClF2N4O3/c1-19-12-14-38(36-19)23-10-11-25(27(32)17-23)30(41)37-15-13-31(33,34)26(24-8-3-4-9-28(24)37)18-29(40)35-22-7-5-6-21(16-22)20(2)39/h3-12,14,16-18,20,39H,13,15H2,1-2H3,(H,35,40)/b26-18-. The van der Waals surface area contributed by atoms with Gasteiger partial charge in [0, 0.05) is 42.1 Å². The van der Waals surface area contributed by atoms with E-state index < -0.39 is 35.8 Å². The summed E-state index contributed by atoms with van der Waals surface area (Å²) >= 11 is 6.51. The molecular formula is C31H27ClF2N4O3. The number of aliphatic hydroxyl groups is 1. The lowest BCUT2D eigenvalue weighted by Crippen LogP contribution is -2.33. The molecule has 0 bridgehead atoms.